The molecule has 0 atom stereocenters. The minimum Gasteiger partial charge on any atom is -0.393 e. The summed E-state index contributed by atoms with van der Waals surface area (Å²) < 4.78 is 1.54. The standard InChI is InChI=1S/C9H9ClN4O2/c10-8-11-3-6-7(13-8)14(9(16)12-6)4-1-5(15)2-4/h3-5,15H,1-2H2,(H,12,16)/t4-,5+. The Hall–Kier alpha value is -1.40. The molecule has 1 aliphatic carbocycles. The summed E-state index contributed by atoms with van der Waals surface area (Å²) in [5.41, 5.74) is 0.834. The van der Waals surface area contributed by atoms with Gasteiger partial charge in [-0.1, -0.05) is 0 Å². The van der Waals surface area contributed by atoms with Gasteiger partial charge in [-0.25, -0.2) is 9.78 Å². The van der Waals surface area contributed by atoms with E-state index in [0.717, 1.165) is 0 Å². The van der Waals surface area contributed by atoms with Crippen molar-refractivity contribution >= 4 is 22.8 Å². The number of aliphatic hydroxyl groups excluding tert-OH is 1. The van der Waals surface area contributed by atoms with E-state index in [1.165, 1.54) is 10.8 Å². The monoisotopic (exact) mass is 240 g/mol. The third kappa shape index (κ3) is 1.34. The molecule has 2 heterocycles. The number of halogens is 1. The average Bonchev–Trinajstić information content (AvgIpc) is 2.49. The van der Waals surface area contributed by atoms with E-state index in [9.17, 15) is 9.90 Å². The van der Waals surface area contributed by atoms with Gasteiger partial charge in [-0.2, -0.15) is 4.98 Å². The van der Waals surface area contributed by atoms with E-state index >= 15 is 0 Å². The molecule has 3 rings (SSSR count). The third-order valence-electron chi connectivity index (χ3n) is 2.88. The van der Waals surface area contributed by atoms with Crippen molar-refractivity contribution < 1.29 is 5.11 Å². The van der Waals surface area contributed by atoms with Crippen LogP contribution in [0, 0.1) is 0 Å². The molecule has 16 heavy (non-hydrogen) atoms. The number of nitrogens with zero attached hydrogens (tertiary/aromatic N) is 3. The van der Waals surface area contributed by atoms with Crippen LogP contribution in [0.15, 0.2) is 11.0 Å². The van der Waals surface area contributed by atoms with Crippen molar-refractivity contribution in [3.63, 3.8) is 0 Å². The predicted octanol–water partition coefficient (Wildman–Crippen LogP) is 0.469. The zero-order chi connectivity index (χ0) is 11.3. The molecule has 0 bridgehead atoms. The van der Waals surface area contributed by atoms with Crippen molar-refractivity contribution in [2.45, 2.75) is 25.0 Å². The van der Waals surface area contributed by atoms with Gasteiger partial charge in [0.15, 0.2) is 5.65 Å². The molecular formula is C9H9ClN4O2. The zero-order valence-corrected chi connectivity index (χ0v) is 8.98. The van der Waals surface area contributed by atoms with Crippen molar-refractivity contribution in [1.29, 1.82) is 0 Å². The molecule has 0 spiro atoms. The molecule has 0 aromatic carbocycles. The molecule has 1 fully saturated rings. The van der Waals surface area contributed by atoms with Gasteiger partial charge in [-0.15, -0.1) is 0 Å². The number of aliphatic hydroxyl groups is 1. The number of rotatable bonds is 1. The quantitative estimate of drug-likeness (QED) is 0.710. The fraction of sp³-hybridized carbons (Fsp3) is 0.444. The summed E-state index contributed by atoms with van der Waals surface area (Å²) in [5, 5.41) is 9.36. The first-order valence-corrected chi connectivity index (χ1v) is 5.34. The van der Waals surface area contributed by atoms with E-state index in [4.69, 9.17) is 11.6 Å². The van der Waals surface area contributed by atoms with Crippen LogP contribution in [0.4, 0.5) is 0 Å². The highest BCUT2D eigenvalue weighted by Gasteiger charge is 2.31. The Morgan fingerprint density at radius 3 is 3.00 bits per heavy atom. The van der Waals surface area contributed by atoms with E-state index in [1.807, 2.05) is 0 Å². The lowest BCUT2D eigenvalue weighted by atomic mass is 9.89. The van der Waals surface area contributed by atoms with Crippen LogP contribution in [0.1, 0.15) is 18.9 Å². The maximum Gasteiger partial charge on any atom is 0.327 e. The van der Waals surface area contributed by atoms with Crippen molar-refractivity contribution in [1.82, 2.24) is 19.5 Å². The van der Waals surface area contributed by atoms with Crippen LogP contribution in [-0.2, 0) is 0 Å². The van der Waals surface area contributed by atoms with Crippen molar-refractivity contribution in [3.8, 4) is 0 Å². The normalized spacial score (nSPS) is 24.6. The maximum absolute atomic E-state index is 11.7. The second-order valence-electron chi connectivity index (χ2n) is 3.96. The van der Waals surface area contributed by atoms with Crippen LogP contribution >= 0.6 is 11.6 Å². The molecule has 7 heteroatoms. The predicted molar refractivity (Wildman–Crippen MR) is 57.4 cm³/mol. The van der Waals surface area contributed by atoms with Gasteiger partial charge in [0.25, 0.3) is 0 Å². The van der Waals surface area contributed by atoms with Gasteiger partial charge in [0.05, 0.1) is 12.3 Å². The van der Waals surface area contributed by atoms with Crippen molar-refractivity contribution in [2.24, 2.45) is 0 Å². The lowest BCUT2D eigenvalue weighted by Crippen LogP contribution is -2.35. The third-order valence-corrected chi connectivity index (χ3v) is 3.06. The van der Waals surface area contributed by atoms with Crippen LogP contribution in [-0.4, -0.2) is 30.7 Å². The number of nitrogens with one attached hydrogen (secondary N) is 1. The smallest absolute Gasteiger partial charge is 0.327 e. The molecule has 1 aliphatic rings. The summed E-state index contributed by atoms with van der Waals surface area (Å²) in [6, 6.07) is 0.00205. The SMILES string of the molecule is O=c1[nH]c2cnc(Cl)nc2n1[C@H]1C[C@@H](O)C1. The molecule has 0 aliphatic heterocycles. The van der Waals surface area contributed by atoms with Crippen molar-refractivity contribution in [2.75, 3.05) is 0 Å². The van der Waals surface area contributed by atoms with Gasteiger partial charge in [0.1, 0.15) is 5.52 Å². The van der Waals surface area contributed by atoms with Gasteiger partial charge in [0.2, 0.25) is 5.28 Å². The van der Waals surface area contributed by atoms with E-state index in [-0.39, 0.29) is 23.1 Å². The lowest BCUT2D eigenvalue weighted by molar-refractivity contribution is 0.0487. The molecule has 0 unspecified atom stereocenters. The molecule has 0 saturated heterocycles. The molecule has 0 amide bonds. The first kappa shape index (κ1) is 9.80. The number of aromatic nitrogens is 4. The highest BCUT2D eigenvalue weighted by Crippen LogP contribution is 2.32. The first-order valence-electron chi connectivity index (χ1n) is 4.96. The topological polar surface area (TPSA) is 83.8 Å². The van der Waals surface area contributed by atoms with Crippen LogP contribution in [0.2, 0.25) is 5.28 Å². The number of aromatic amines is 1. The Labute approximate surface area is 94.9 Å². The highest BCUT2D eigenvalue weighted by molar-refractivity contribution is 6.28. The Morgan fingerprint density at radius 2 is 2.31 bits per heavy atom. The minimum atomic E-state index is -0.320. The number of fused-ring (bicyclic) bond motifs is 1. The largest absolute Gasteiger partial charge is 0.393 e. The first-order chi connectivity index (χ1) is 7.65. The number of imidazole rings is 1. The highest BCUT2D eigenvalue weighted by atomic mass is 35.5. The van der Waals surface area contributed by atoms with Gasteiger partial charge in [-0.3, -0.25) is 4.57 Å². The van der Waals surface area contributed by atoms with E-state index < -0.39 is 0 Å². The molecule has 84 valence electrons. The molecule has 2 aromatic heterocycles. The van der Waals surface area contributed by atoms with Gasteiger partial charge in [0, 0.05) is 6.04 Å². The van der Waals surface area contributed by atoms with Gasteiger partial charge in [-0.05, 0) is 24.4 Å². The number of hydrogen-bond acceptors (Lipinski definition) is 4. The van der Waals surface area contributed by atoms with E-state index in [2.05, 4.69) is 15.0 Å². The molecule has 2 N–H and O–H groups in total. The maximum atomic E-state index is 11.7. The van der Waals surface area contributed by atoms with Crippen molar-refractivity contribution in [3.05, 3.63) is 22.0 Å². The summed E-state index contributed by atoms with van der Waals surface area (Å²) in [6.45, 7) is 0. The zero-order valence-electron chi connectivity index (χ0n) is 8.22. The molecule has 1 saturated carbocycles. The Bertz CT molecular complexity index is 599. The molecule has 2 aromatic rings. The summed E-state index contributed by atoms with van der Waals surface area (Å²) >= 11 is 5.69. The summed E-state index contributed by atoms with van der Waals surface area (Å²) in [6.07, 6.45) is 2.32. The fourth-order valence-electron chi connectivity index (χ4n) is 2.00. The second-order valence-corrected chi connectivity index (χ2v) is 4.29. The Balaban J connectivity index is 2.18. The fourth-order valence-corrected chi connectivity index (χ4v) is 2.13. The Morgan fingerprint density at radius 1 is 1.56 bits per heavy atom. The Kier molecular flexibility index (Phi) is 2.02. The van der Waals surface area contributed by atoms with Crippen LogP contribution in [0.5, 0.6) is 0 Å². The van der Waals surface area contributed by atoms with Gasteiger partial charge >= 0.3 is 5.69 Å². The second kappa shape index (κ2) is 3.29. The summed E-state index contributed by atoms with van der Waals surface area (Å²) in [4.78, 5) is 22.2. The average molecular weight is 241 g/mol. The summed E-state index contributed by atoms with van der Waals surface area (Å²) in [7, 11) is 0. The van der Waals surface area contributed by atoms with E-state index in [1.54, 1.807) is 0 Å². The van der Waals surface area contributed by atoms with Crippen LogP contribution in [0.25, 0.3) is 11.2 Å². The molecular weight excluding hydrogens is 232 g/mol. The van der Waals surface area contributed by atoms with Crippen LogP contribution < -0.4 is 5.69 Å². The van der Waals surface area contributed by atoms with Crippen LogP contribution in [0.3, 0.4) is 0 Å². The minimum absolute atomic E-state index is 0.00205. The summed E-state index contributed by atoms with van der Waals surface area (Å²) in [5.74, 6) is 0. The lowest BCUT2D eigenvalue weighted by Gasteiger charge is -2.31. The van der Waals surface area contributed by atoms with Gasteiger partial charge < -0.3 is 10.1 Å². The molecule has 0 radical (unpaired) electrons. The number of H-pyrrole nitrogens is 1. The number of hydrogen-bond donors (Lipinski definition) is 2. The molecule has 6 nitrogen and oxygen atoms in total. The van der Waals surface area contributed by atoms with E-state index in [0.29, 0.717) is 24.0 Å².